The molecule has 19 heavy (non-hydrogen) atoms. The minimum atomic E-state index is -1.58. The van der Waals surface area contributed by atoms with Gasteiger partial charge < -0.3 is 15.5 Å². The number of nitrogens with zero attached hydrogens (tertiary/aromatic N) is 2. The van der Waals surface area contributed by atoms with E-state index >= 15 is 0 Å². The quantitative estimate of drug-likeness (QED) is 0.705. The largest absolute Gasteiger partial charge is 0.479 e. The van der Waals surface area contributed by atoms with Crippen LogP contribution in [0.3, 0.4) is 0 Å². The number of rotatable bonds is 5. The first-order valence-corrected chi connectivity index (χ1v) is 6.45. The van der Waals surface area contributed by atoms with Crippen molar-refractivity contribution in [3.8, 4) is 0 Å². The number of aliphatic hydroxyl groups is 1. The fraction of sp³-hybridized carbons (Fsp3) is 0.364. The van der Waals surface area contributed by atoms with Gasteiger partial charge in [-0.2, -0.15) is 0 Å². The molecule has 2 heterocycles. The van der Waals surface area contributed by atoms with Crippen LogP contribution in [-0.2, 0) is 16.0 Å². The first kappa shape index (κ1) is 13.5. The van der Waals surface area contributed by atoms with Crippen molar-refractivity contribution < 1.29 is 19.8 Å². The average Bonchev–Trinajstić information content (AvgIpc) is 2.87. The monoisotopic (exact) mass is 283 g/mol. The van der Waals surface area contributed by atoms with Crippen LogP contribution in [0.4, 0.5) is 0 Å². The normalized spacial score (nSPS) is 12.5. The van der Waals surface area contributed by atoms with Crippen molar-refractivity contribution in [1.29, 1.82) is 0 Å². The summed E-state index contributed by atoms with van der Waals surface area (Å²) in [6.45, 7) is 1.57. The van der Waals surface area contributed by atoms with Crippen molar-refractivity contribution in [3.05, 3.63) is 23.0 Å². The lowest BCUT2D eigenvalue weighted by molar-refractivity contribution is -0.146. The second-order valence-electron chi connectivity index (χ2n) is 4.10. The molecule has 0 radical (unpaired) electrons. The Morgan fingerprint density at radius 3 is 3.00 bits per heavy atom. The Hall–Kier alpha value is -1.93. The lowest BCUT2D eigenvalue weighted by atomic mass is 10.3. The van der Waals surface area contributed by atoms with Gasteiger partial charge in [0, 0.05) is 17.3 Å². The Kier molecular flexibility index (Phi) is 3.82. The van der Waals surface area contributed by atoms with Gasteiger partial charge in [-0.3, -0.25) is 9.20 Å². The number of carboxylic acids is 1. The van der Waals surface area contributed by atoms with E-state index in [1.807, 2.05) is 22.9 Å². The maximum Gasteiger partial charge on any atom is 0.334 e. The molecule has 0 bridgehead atoms. The predicted molar refractivity (Wildman–Crippen MR) is 68.2 cm³/mol. The van der Waals surface area contributed by atoms with Crippen LogP contribution in [0.2, 0.25) is 0 Å². The predicted octanol–water partition coefficient (Wildman–Crippen LogP) is -0.192. The maximum absolute atomic E-state index is 11.6. The van der Waals surface area contributed by atoms with E-state index in [2.05, 4.69) is 10.3 Å². The van der Waals surface area contributed by atoms with Crippen LogP contribution in [0.1, 0.15) is 11.4 Å². The van der Waals surface area contributed by atoms with E-state index in [1.54, 1.807) is 0 Å². The fourth-order valence-corrected chi connectivity index (χ4v) is 2.51. The van der Waals surface area contributed by atoms with E-state index in [4.69, 9.17) is 10.2 Å². The molecule has 2 aromatic heterocycles. The third kappa shape index (κ3) is 3.09. The molecular formula is C11H13N3O4S. The Labute approximate surface area is 112 Å². The standard InChI is InChI=1S/C11H13N3O4S/c1-6-4-14-7(5-19-11(14)13-6)2-9(16)12-3-8(15)10(17)18/h4-5,8,15H,2-3H2,1H3,(H,12,16)(H,17,18). The van der Waals surface area contributed by atoms with Gasteiger partial charge in [0.15, 0.2) is 11.1 Å². The molecule has 0 saturated carbocycles. The lowest BCUT2D eigenvalue weighted by Gasteiger charge is -2.07. The molecule has 102 valence electrons. The van der Waals surface area contributed by atoms with Gasteiger partial charge in [-0.25, -0.2) is 9.78 Å². The molecule has 0 aromatic carbocycles. The van der Waals surface area contributed by atoms with Crippen molar-refractivity contribution >= 4 is 28.2 Å². The van der Waals surface area contributed by atoms with E-state index in [0.717, 1.165) is 16.3 Å². The Balaban J connectivity index is 1.97. The summed E-state index contributed by atoms with van der Waals surface area (Å²) in [7, 11) is 0. The molecule has 3 N–H and O–H groups in total. The first-order valence-electron chi connectivity index (χ1n) is 5.57. The van der Waals surface area contributed by atoms with Gasteiger partial charge in [-0.05, 0) is 6.92 Å². The van der Waals surface area contributed by atoms with Gasteiger partial charge in [0.05, 0.1) is 18.7 Å². The molecule has 0 spiro atoms. The van der Waals surface area contributed by atoms with Gasteiger partial charge in [0.25, 0.3) is 0 Å². The Morgan fingerprint density at radius 2 is 2.32 bits per heavy atom. The number of carbonyl (C=O) groups excluding carboxylic acids is 1. The summed E-state index contributed by atoms with van der Waals surface area (Å²) in [6.07, 6.45) is 0.366. The molecule has 0 fully saturated rings. The van der Waals surface area contributed by atoms with E-state index in [-0.39, 0.29) is 18.9 Å². The topological polar surface area (TPSA) is 104 Å². The van der Waals surface area contributed by atoms with Crippen LogP contribution in [0.5, 0.6) is 0 Å². The van der Waals surface area contributed by atoms with Crippen molar-refractivity contribution in [2.45, 2.75) is 19.4 Å². The van der Waals surface area contributed by atoms with Crippen LogP contribution >= 0.6 is 11.3 Å². The van der Waals surface area contributed by atoms with Crippen LogP contribution in [0.15, 0.2) is 11.6 Å². The van der Waals surface area contributed by atoms with E-state index < -0.39 is 12.1 Å². The van der Waals surface area contributed by atoms with Crippen molar-refractivity contribution in [2.24, 2.45) is 0 Å². The number of aliphatic carboxylic acids is 1. The van der Waals surface area contributed by atoms with Crippen molar-refractivity contribution in [1.82, 2.24) is 14.7 Å². The molecule has 0 aliphatic heterocycles. The molecule has 0 saturated heterocycles. The van der Waals surface area contributed by atoms with Gasteiger partial charge in [-0.15, -0.1) is 11.3 Å². The van der Waals surface area contributed by atoms with Crippen LogP contribution in [-0.4, -0.2) is 44.1 Å². The minimum absolute atomic E-state index is 0.113. The summed E-state index contributed by atoms with van der Waals surface area (Å²) in [4.78, 5) is 27.1. The highest BCUT2D eigenvalue weighted by molar-refractivity contribution is 7.15. The Morgan fingerprint density at radius 1 is 1.58 bits per heavy atom. The number of nitrogens with one attached hydrogen (secondary N) is 1. The summed E-state index contributed by atoms with van der Waals surface area (Å²) in [5, 5.41) is 21.7. The smallest absolute Gasteiger partial charge is 0.334 e. The zero-order valence-electron chi connectivity index (χ0n) is 10.2. The SMILES string of the molecule is Cc1cn2c(CC(=O)NCC(O)C(=O)O)csc2n1. The number of amides is 1. The minimum Gasteiger partial charge on any atom is -0.479 e. The zero-order valence-corrected chi connectivity index (χ0v) is 11.0. The van der Waals surface area contributed by atoms with E-state index in [0.29, 0.717) is 0 Å². The van der Waals surface area contributed by atoms with Crippen LogP contribution in [0, 0.1) is 6.92 Å². The van der Waals surface area contributed by atoms with Crippen LogP contribution < -0.4 is 5.32 Å². The molecular weight excluding hydrogens is 270 g/mol. The lowest BCUT2D eigenvalue weighted by Crippen LogP contribution is -2.37. The number of thiazole rings is 1. The molecule has 7 nitrogen and oxygen atoms in total. The van der Waals surface area contributed by atoms with Crippen molar-refractivity contribution in [3.63, 3.8) is 0 Å². The molecule has 0 aliphatic rings. The van der Waals surface area contributed by atoms with Crippen LogP contribution in [0.25, 0.3) is 4.96 Å². The molecule has 8 heteroatoms. The number of hydrogen-bond donors (Lipinski definition) is 3. The van der Waals surface area contributed by atoms with Crippen molar-refractivity contribution in [2.75, 3.05) is 6.54 Å². The third-order valence-electron chi connectivity index (χ3n) is 2.52. The van der Waals surface area contributed by atoms with E-state index in [9.17, 15) is 9.59 Å². The Bertz CT molecular complexity index is 619. The molecule has 2 rings (SSSR count). The highest BCUT2D eigenvalue weighted by Gasteiger charge is 2.15. The summed E-state index contributed by atoms with van der Waals surface area (Å²) in [5.41, 5.74) is 1.65. The number of aromatic nitrogens is 2. The van der Waals surface area contributed by atoms with Gasteiger partial charge >= 0.3 is 5.97 Å². The molecule has 1 unspecified atom stereocenters. The summed E-state index contributed by atoms with van der Waals surface area (Å²) in [6, 6.07) is 0. The number of imidazole rings is 1. The number of aryl methyl sites for hydroxylation is 1. The summed E-state index contributed by atoms with van der Waals surface area (Å²) >= 11 is 1.43. The van der Waals surface area contributed by atoms with Gasteiger partial charge in [0.2, 0.25) is 5.91 Å². The molecule has 2 aromatic rings. The third-order valence-corrected chi connectivity index (χ3v) is 3.41. The first-order chi connectivity index (χ1) is 8.97. The summed E-state index contributed by atoms with van der Waals surface area (Å²) < 4.78 is 1.83. The summed E-state index contributed by atoms with van der Waals surface area (Å²) in [5.74, 6) is -1.70. The average molecular weight is 283 g/mol. The maximum atomic E-state index is 11.6. The van der Waals surface area contributed by atoms with Gasteiger partial charge in [0.1, 0.15) is 0 Å². The van der Waals surface area contributed by atoms with Gasteiger partial charge in [-0.1, -0.05) is 0 Å². The highest BCUT2D eigenvalue weighted by atomic mass is 32.1. The number of carboxylic acid groups (broad SMARTS) is 1. The number of fused-ring (bicyclic) bond motifs is 1. The second-order valence-corrected chi connectivity index (χ2v) is 4.93. The fourth-order valence-electron chi connectivity index (χ4n) is 1.59. The number of aliphatic hydroxyl groups excluding tert-OH is 1. The molecule has 1 atom stereocenters. The molecule has 1 amide bonds. The highest BCUT2D eigenvalue weighted by Crippen LogP contribution is 2.16. The molecule has 0 aliphatic carbocycles. The number of hydrogen-bond acceptors (Lipinski definition) is 5. The zero-order chi connectivity index (χ0) is 14.0. The second kappa shape index (κ2) is 5.37. The van der Waals surface area contributed by atoms with E-state index in [1.165, 1.54) is 11.3 Å². The number of carbonyl (C=O) groups is 2.